The van der Waals surface area contributed by atoms with Crippen LogP contribution in [0.25, 0.3) is 5.65 Å². The molecule has 0 aliphatic heterocycles. The van der Waals surface area contributed by atoms with Gasteiger partial charge >= 0.3 is 0 Å². The Bertz CT molecular complexity index is 1350. The van der Waals surface area contributed by atoms with Crippen LogP contribution in [0.4, 0.5) is 11.5 Å². The Balaban J connectivity index is 1.08. The Morgan fingerprint density at radius 1 is 1.12 bits per heavy atom. The first-order valence-electron chi connectivity index (χ1n) is 11.2. The Labute approximate surface area is 196 Å². The molecule has 2 N–H and O–H groups in total. The summed E-state index contributed by atoms with van der Waals surface area (Å²) in [7, 11) is 0. The zero-order valence-electron chi connectivity index (χ0n) is 17.9. The van der Waals surface area contributed by atoms with E-state index in [1.54, 1.807) is 6.20 Å². The molecule has 7 nitrogen and oxygen atoms in total. The van der Waals surface area contributed by atoms with Crippen LogP contribution in [0.15, 0.2) is 60.9 Å². The van der Waals surface area contributed by atoms with Crippen LogP contribution in [0.3, 0.4) is 0 Å². The van der Waals surface area contributed by atoms with Gasteiger partial charge in [0, 0.05) is 35.1 Å². The highest BCUT2D eigenvalue weighted by molar-refractivity contribution is 6.30. The third-order valence-electron chi connectivity index (χ3n) is 6.31. The SMILES string of the molecule is O=C(Nc1cc(NCc2nc3ccc(C4CC4)cn3n2)ccn1)[C@H]1C[C@@H]1c1cccc(Cl)c1. The number of amides is 1. The van der Waals surface area contributed by atoms with Crippen LogP contribution in [-0.2, 0) is 11.3 Å². The fourth-order valence-corrected chi connectivity index (χ4v) is 4.48. The molecule has 166 valence electrons. The number of aromatic nitrogens is 4. The van der Waals surface area contributed by atoms with Gasteiger partial charge < -0.3 is 10.6 Å². The van der Waals surface area contributed by atoms with Gasteiger partial charge in [-0.05, 0) is 66.5 Å². The number of nitrogens with zero attached hydrogens (tertiary/aromatic N) is 4. The second-order valence-corrected chi connectivity index (χ2v) is 9.28. The van der Waals surface area contributed by atoms with E-state index >= 15 is 0 Å². The van der Waals surface area contributed by atoms with E-state index in [4.69, 9.17) is 11.6 Å². The van der Waals surface area contributed by atoms with Crippen molar-refractivity contribution in [3.8, 4) is 0 Å². The summed E-state index contributed by atoms with van der Waals surface area (Å²) in [6, 6.07) is 15.6. The number of fused-ring (bicyclic) bond motifs is 1. The molecule has 2 saturated carbocycles. The van der Waals surface area contributed by atoms with E-state index < -0.39 is 0 Å². The van der Waals surface area contributed by atoms with Crippen molar-refractivity contribution in [1.82, 2.24) is 19.6 Å². The molecule has 6 rings (SSSR count). The average Bonchev–Trinajstić information content (AvgIpc) is 3.74. The summed E-state index contributed by atoms with van der Waals surface area (Å²) in [5, 5.41) is 11.6. The summed E-state index contributed by atoms with van der Waals surface area (Å²) in [5.74, 6) is 2.07. The van der Waals surface area contributed by atoms with Gasteiger partial charge in [0.2, 0.25) is 5.91 Å². The fraction of sp³-hybridized carbons (Fsp3) is 0.280. The van der Waals surface area contributed by atoms with Crippen LogP contribution >= 0.6 is 11.6 Å². The zero-order valence-corrected chi connectivity index (χ0v) is 18.7. The second kappa shape index (κ2) is 8.15. The fourth-order valence-electron chi connectivity index (χ4n) is 4.28. The van der Waals surface area contributed by atoms with Crippen LogP contribution in [-0.4, -0.2) is 25.5 Å². The number of nitrogens with one attached hydrogen (secondary N) is 2. The van der Waals surface area contributed by atoms with Crippen molar-refractivity contribution >= 4 is 34.7 Å². The number of carbonyl (C=O) groups is 1. The first kappa shape index (κ1) is 20.2. The van der Waals surface area contributed by atoms with Crippen molar-refractivity contribution in [2.75, 3.05) is 10.6 Å². The van der Waals surface area contributed by atoms with Crippen molar-refractivity contribution in [3.63, 3.8) is 0 Å². The third-order valence-corrected chi connectivity index (χ3v) is 6.55. The van der Waals surface area contributed by atoms with E-state index in [2.05, 4.69) is 38.0 Å². The van der Waals surface area contributed by atoms with Crippen molar-refractivity contribution in [3.05, 3.63) is 82.9 Å². The number of halogens is 1. The molecule has 33 heavy (non-hydrogen) atoms. The summed E-state index contributed by atoms with van der Waals surface area (Å²) < 4.78 is 1.86. The number of benzene rings is 1. The van der Waals surface area contributed by atoms with Gasteiger partial charge in [0.1, 0.15) is 5.82 Å². The lowest BCUT2D eigenvalue weighted by Crippen LogP contribution is -2.15. The standard InChI is InChI=1S/C25H23ClN6O/c26-18-3-1-2-16(10-18)20-12-21(20)25(33)30-22-11-19(8-9-27-22)28-13-23-29-24-7-6-17(15-4-5-15)14-32(24)31-23/h1-3,6-11,14-15,20-21H,4-5,12-13H2,(H2,27,28,30,33)/t20-,21+/m1/s1. The van der Waals surface area contributed by atoms with Gasteiger partial charge in [-0.25, -0.2) is 14.5 Å². The monoisotopic (exact) mass is 458 g/mol. The molecule has 1 amide bonds. The normalized spacial score (nSPS) is 19.4. The topological polar surface area (TPSA) is 84.2 Å². The molecule has 2 atom stereocenters. The van der Waals surface area contributed by atoms with Crippen LogP contribution < -0.4 is 10.6 Å². The van der Waals surface area contributed by atoms with Crippen LogP contribution in [0.1, 0.15) is 48.0 Å². The van der Waals surface area contributed by atoms with Crippen molar-refractivity contribution in [2.24, 2.45) is 5.92 Å². The van der Waals surface area contributed by atoms with Crippen LogP contribution in [0.2, 0.25) is 5.02 Å². The van der Waals surface area contributed by atoms with Gasteiger partial charge in [0.15, 0.2) is 11.5 Å². The number of rotatable bonds is 7. The minimum Gasteiger partial charge on any atom is -0.378 e. The van der Waals surface area contributed by atoms with Gasteiger partial charge in [0.05, 0.1) is 6.54 Å². The number of hydrogen-bond acceptors (Lipinski definition) is 5. The highest BCUT2D eigenvalue weighted by Crippen LogP contribution is 2.48. The largest absolute Gasteiger partial charge is 0.378 e. The Morgan fingerprint density at radius 2 is 2.03 bits per heavy atom. The molecular formula is C25H23ClN6O. The molecule has 8 heteroatoms. The van der Waals surface area contributed by atoms with Crippen molar-refractivity contribution < 1.29 is 4.79 Å². The molecule has 2 fully saturated rings. The maximum Gasteiger partial charge on any atom is 0.229 e. The minimum absolute atomic E-state index is 0.0156. The third kappa shape index (κ3) is 4.41. The van der Waals surface area contributed by atoms with E-state index in [9.17, 15) is 4.79 Å². The summed E-state index contributed by atoms with van der Waals surface area (Å²) in [6.45, 7) is 0.483. The van der Waals surface area contributed by atoms with E-state index in [0.717, 1.165) is 23.3 Å². The average molecular weight is 459 g/mol. The van der Waals surface area contributed by atoms with Gasteiger partial charge in [-0.2, -0.15) is 0 Å². The number of carbonyl (C=O) groups excluding carboxylic acids is 1. The second-order valence-electron chi connectivity index (χ2n) is 8.84. The molecule has 2 aliphatic rings. The van der Waals surface area contributed by atoms with E-state index in [1.807, 2.05) is 47.0 Å². The minimum atomic E-state index is -0.0513. The molecule has 0 spiro atoms. The van der Waals surface area contributed by atoms with Gasteiger partial charge in [0.25, 0.3) is 0 Å². The lowest BCUT2D eigenvalue weighted by atomic mass is 10.1. The molecule has 3 heterocycles. The van der Waals surface area contributed by atoms with Gasteiger partial charge in [-0.3, -0.25) is 4.79 Å². The van der Waals surface area contributed by atoms with Gasteiger partial charge in [-0.15, -0.1) is 5.10 Å². The number of anilines is 2. The van der Waals surface area contributed by atoms with Gasteiger partial charge in [-0.1, -0.05) is 29.8 Å². The highest BCUT2D eigenvalue weighted by Gasteiger charge is 2.44. The van der Waals surface area contributed by atoms with E-state index in [1.165, 1.54) is 18.4 Å². The number of hydrogen-bond donors (Lipinski definition) is 2. The molecule has 0 unspecified atom stereocenters. The predicted molar refractivity (Wildman–Crippen MR) is 127 cm³/mol. The maximum absolute atomic E-state index is 12.7. The summed E-state index contributed by atoms with van der Waals surface area (Å²) in [6.07, 6.45) is 7.11. The summed E-state index contributed by atoms with van der Waals surface area (Å²) in [5.41, 5.74) is 4.13. The van der Waals surface area contributed by atoms with Crippen LogP contribution in [0.5, 0.6) is 0 Å². The smallest absolute Gasteiger partial charge is 0.229 e. The lowest BCUT2D eigenvalue weighted by Gasteiger charge is -2.08. The first-order valence-corrected chi connectivity index (χ1v) is 11.6. The molecule has 1 aromatic carbocycles. The zero-order chi connectivity index (χ0) is 22.4. The Kier molecular flexibility index (Phi) is 4.99. The molecule has 4 aromatic rings. The van der Waals surface area contributed by atoms with Crippen molar-refractivity contribution in [1.29, 1.82) is 0 Å². The Morgan fingerprint density at radius 3 is 2.88 bits per heavy atom. The molecule has 0 radical (unpaired) electrons. The highest BCUT2D eigenvalue weighted by atomic mass is 35.5. The van der Waals surface area contributed by atoms with Crippen molar-refractivity contribution in [2.45, 2.75) is 37.6 Å². The first-order chi connectivity index (χ1) is 16.1. The van der Waals surface area contributed by atoms with E-state index in [0.29, 0.717) is 29.1 Å². The molecule has 2 aliphatic carbocycles. The summed E-state index contributed by atoms with van der Waals surface area (Å²) in [4.78, 5) is 21.6. The number of pyridine rings is 2. The summed E-state index contributed by atoms with van der Waals surface area (Å²) >= 11 is 6.08. The quantitative estimate of drug-likeness (QED) is 0.406. The molecule has 3 aromatic heterocycles. The van der Waals surface area contributed by atoms with E-state index in [-0.39, 0.29) is 17.7 Å². The predicted octanol–water partition coefficient (Wildman–Crippen LogP) is 5.01. The molecular weight excluding hydrogens is 436 g/mol. The maximum atomic E-state index is 12.7. The lowest BCUT2D eigenvalue weighted by molar-refractivity contribution is -0.117. The van der Waals surface area contributed by atoms with Crippen LogP contribution in [0, 0.1) is 5.92 Å². The molecule has 0 bridgehead atoms. The Hall–Kier alpha value is -3.45. The molecule has 0 saturated heterocycles.